The van der Waals surface area contributed by atoms with Crippen LogP contribution in [0.3, 0.4) is 0 Å². The molecule has 110 valence electrons. The van der Waals surface area contributed by atoms with E-state index in [1.54, 1.807) is 34.6 Å². The van der Waals surface area contributed by atoms with E-state index in [-0.39, 0.29) is 24.6 Å². The van der Waals surface area contributed by atoms with Crippen LogP contribution in [0.25, 0.3) is 0 Å². The predicted octanol–water partition coefficient (Wildman–Crippen LogP) is 2.26. The van der Waals surface area contributed by atoms with Crippen molar-refractivity contribution < 1.29 is 19.1 Å². The molecule has 0 aromatic heterocycles. The molecule has 19 heavy (non-hydrogen) atoms. The number of hydrogen-bond donors (Lipinski definition) is 2. The molecule has 0 bridgehead atoms. The normalized spacial score (nSPS) is 12.5. The van der Waals surface area contributed by atoms with Gasteiger partial charge in [-0.15, -0.1) is 0 Å². The van der Waals surface area contributed by atoms with Crippen LogP contribution in [0.4, 0.5) is 4.79 Å². The molecule has 0 saturated heterocycles. The summed E-state index contributed by atoms with van der Waals surface area (Å²) in [6, 6.07) is -0.267. The maximum atomic E-state index is 11.5. The highest BCUT2D eigenvalue weighted by molar-refractivity contribution is 5.97. The first-order valence-corrected chi connectivity index (χ1v) is 6.35. The molecule has 0 aromatic carbocycles. The Morgan fingerprint density at radius 3 is 2.37 bits per heavy atom. The molecular formula is C13H24N2O4. The van der Waals surface area contributed by atoms with E-state index in [4.69, 9.17) is 14.9 Å². The SMILES string of the molecule is CCOC(=O)CC(=N)C[C@@H](C)NC(=O)OC(C)(C)C. The zero-order valence-corrected chi connectivity index (χ0v) is 12.3. The number of alkyl carbamates (subject to hydrolysis) is 1. The maximum absolute atomic E-state index is 11.5. The summed E-state index contributed by atoms with van der Waals surface area (Å²) in [5.74, 6) is -0.419. The van der Waals surface area contributed by atoms with Crippen LogP contribution in [-0.2, 0) is 14.3 Å². The van der Waals surface area contributed by atoms with Crippen LogP contribution in [0.5, 0.6) is 0 Å². The van der Waals surface area contributed by atoms with Crippen LogP contribution in [0, 0.1) is 5.41 Å². The summed E-state index contributed by atoms with van der Waals surface area (Å²) in [5.41, 5.74) is -0.329. The molecule has 0 heterocycles. The molecule has 0 spiro atoms. The van der Waals surface area contributed by atoms with Crippen LogP contribution in [0.1, 0.15) is 47.5 Å². The summed E-state index contributed by atoms with van der Waals surface area (Å²) in [4.78, 5) is 22.6. The average molecular weight is 272 g/mol. The lowest BCUT2D eigenvalue weighted by molar-refractivity contribution is -0.141. The Morgan fingerprint density at radius 2 is 1.89 bits per heavy atom. The first-order chi connectivity index (χ1) is 8.64. The highest BCUT2D eigenvalue weighted by atomic mass is 16.6. The average Bonchev–Trinajstić information content (AvgIpc) is 2.12. The molecule has 0 aliphatic heterocycles. The van der Waals surface area contributed by atoms with E-state index in [9.17, 15) is 9.59 Å². The van der Waals surface area contributed by atoms with Crippen LogP contribution in [0.15, 0.2) is 0 Å². The van der Waals surface area contributed by atoms with Gasteiger partial charge in [0.05, 0.1) is 13.0 Å². The van der Waals surface area contributed by atoms with E-state index >= 15 is 0 Å². The van der Waals surface area contributed by atoms with Crippen LogP contribution >= 0.6 is 0 Å². The Bertz CT molecular complexity index is 334. The fourth-order valence-electron chi connectivity index (χ4n) is 1.39. The second kappa shape index (κ2) is 7.76. The molecule has 0 aromatic rings. The molecule has 2 N–H and O–H groups in total. The fourth-order valence-corrected chi connectivity index (χ4v) is 1.39. The van der Waals surface area contributed by atoms with Gasteiger partial charge in [-0.2, -0.15) is 0 Å². The number of rotatable bonds is 6. The topological polar surface area (TPSA) is 88.5 Å². The van der Waals surface area contributed by atoms with E-state index in [0.717, 1.165) is 0 Å². The molecule has 0 saturated carbocycles. The summed E-state index contributed by atoms with van der Waals surface area (Å²) in [6.45, 7) is 9.11. The lowest BCUT2D eigenvalue weighted by Gasteiger charge is -2.22. The van der Waals surface area contributed by atoms with Crippen molar-refractivity contribution in [2.75, 3.05) is 6.61 Å². The minimum atomic E-state index is -0.553. The van der Waals surface area contributed by atoms with Crippen LogP contribution in [-0.4, -0.2) is 36.0 Å². The van der Waals surface area contributed by atoms with Gasteiger partial charge >= 0.3 is 12.1 Å². The van der Waals surface area contributed by atoms with E-state index in [1.807, 2.05) is 0 Å². The van der Waals surface area contributed by atoms with Gasteiger partial charge in [0.25, 0.3) is 0 Å². The van der Waals surface area contributed by atoms with Crippen molar-refractivity contribution in [1.82, 2.24) is 5.32 Å². The molecule has 0 unspecified atom stereocenters. The predicted molar refractivity (Wildman–Crippen MR) is 72.4 cm³/mol. The van der Waals surface area contributed by atoms with E-state index in [1.165, 1.54) is 0 Å². The van der Waals surface area contributed by atoms with E-state index in [2.05, 4.69) is 5.32 Å². The smallest absolute Gasteiger partial charge is 0.407 e. The Balaban J connectivity index is 4.03. The minimum Gasteiger partial charge on any atom is -0.466 e. The number of nitrogens with one attached hydrogen (secondary N) is 2. The summed E-state index contributed by atoms with van der Waals surface area (Å²) < 4.78 is 9.85. The van der Waals surface area contributed by atoms with E-state index in [0.29, 0.717) is 6.61 Å². The van der Waals surface area contributed by atoms with Crippen LogP contribution in [0.2, 0.25) is 0 Å². The Morgan fingerprint density at radius 1 is 1.32 bits per heavy atom. The second-order valence-electron chi connectivity index (χ2n) is 5.34. The number of ether oxygens (including phenoxy) is 2. The number of hydrogen-bond acceptors (Lipinski definition) is 5. The molecule has 0 aliphatic rings. The number of carbonyl (C=O) groups excluding carboxylic acids is 2. The van der Waals surface area contributed by atoms with Crippen molar-refractivity contribution in [3.8, 4) is 0 Å². The highest BCUT2D eigenvalue weighted by Crippen LogP contribution is 2.07. The first-order valence-electron chi connectivity index (χ1n) is 6.35. The quantitative estimate of drug-likeness (QED) is 0.573. The number of esters is 1. The Kier molecular flexibility index (Phi) is 7.11. The molecule has 0 rings (SSSR count). The van der Waals surface area contributed by atoms with Gasteiger partial charge in [0, 0.05) is 18.2 Å². The van der Waals surface area contributed by atoms with Crippen molar-refractivity contribution in [3.05, 3.63) is 0 Å². The van der Waals surface area contributed by atoms with Crippen molar-refractivity contribution >= 4 is 17.8 Å². The Hall–Kier alpha value is -1.59. The van der Waals surface area contributed by atoms with Crippen molar-refractivity contribution in [2.24, 2.45) is 0 Å². The molecule has 0 aliphatic carbocycles. The van der Waals surface area contributed by atoms with Gasteiger partial charge in [-0.3, -0.25) is 4.79 Å². The van der Waals surface area contributed by atoms with Crippen molar-refractivity contribution in [3.63, 3.8) is 0 Å². The summed E-state index contributed by atoms with van der Waals surface area (Å²) in [7, 11) is 0. The number of carbonyl (C=O) groups is 2. The molecule has 0 fully saturated rings. The first kappa shape index (κ1) is 17.4. The summed E-state index contributed by atoms with van der Waals surface area (Å²) in [5, 5.41) is 10.3. The monoisotopic (exact) mass is 272 g/mol. The second-order valence-corrected chi connectivity index (χ2v) is 5.34. The van der Waals surface area contributed by atoms with E-state index < -0.39 is 17.7 Å². The molecule has 6 nitrogen and oxygen atoms in total. The maximum Gasteiger partial charge on any atom is 0.407 e. The van der Waals surface area contributed by atoms with Crippen molar-refractivity contribution in [1.29, 1.82) is 5.41 Å². The minimum absolute atomic E-state index is 0.0474. The van der Waals surface area contributed by atoms with Gasteiger partial charge in [0.15, 0.2) is 0 Å². The van der Waals surface area contributed by atoms with Crippen molar-refractivity contribution in [2.45, 2.75) is 59.1 Å². The zero-order valence-electron chi connectivity index (χ0n) is 12.3. The molecular weight excluding hydrogens is 248 g/mol. The highest BCUT2D eigenvalue weighted by Gasteiger charge is 2.18. The summed E-state index contributed by atoms with van der Waals surface area (Å²) >= 11 is 0. The lowest BCUT2D eigenvalue weighted by Crippen LogP contribution is -2.38. The van der Waals surface area contributed by atoms with Gasteiger partial charge < -0.3 is 20.2 Å². The number of amides is 1. The lowest BCUT2D eigenvalue weighted by atomic mass is 10.1. The molecule has 1 atom stereocenters. The Labute approximate surface area is 114 Å². The van der Waals surface area contributed by atoms with Gasteiger partial charge in [-0.1, -0.05) is 0 Å². The summed E-state index contributed by atoms with van der Waals surface area (Å²) in [6.07, 6.45) is -0.282. The zero-order chi connectivity index (χ0) is 15.1. The van der Waals surface area contributed by atoms with Gasteiger partial charge in [0.2, 0.25) is 0 Å². The van der Waals surface area contributed by atoms with Gasteiger partial charge in [0.1, 0.15) is 5.60 Å². The molecule has 0 radical (unpaired) electrons. The standard InChI is InChI=1S/C13H24N2O4/c1-6-18-11(16)8-10(14)7-9(2)15-12(17)19-13(3,4)5/h9,14H,6-8H2,1-5H3,(H,15,17)/t9-/m1/s1. The third-order valence-corrected chi connectivity index (χ3v) is 1.98. The molecule has 6 heteroatoms. The van der Waals surface area contributed by atoms with Crippen LogP contribution < -0.4 is 5.32 Å². The third kappa shape index (κ3) is 10.1. The van der Waals surface area contributed by atoms with Gasteiger partial charge in [-0.05, 0) is 34.6 Å². The fraction of sp³-hybridized carbons (Fsp3) is 0.769. The van der Waals surface area contributed by atoms with Gasteiger partial charge in [-0.25, -0.2) is 4.79 Å². The largest absolute Gasteiger partial charge is 0.466 e. The molecule has 1 amide bonds. The third-order valence-electron chi connectivity index (χ3n) is 1.98.